The molecule has 5 rings (SSSR count). The number of rotatable bonds is 6. The van der Waals surface area contributed by atoms with Gasteiger partial charge >= 0.3 is 11.4 Å². The smallest absolute Gasteiger partial charge is 0.306 e. The number of piperidine rings is 1. The first-order chi connectivity index (χ1) is 15.5. The third kappa shape index (κ3) is 3.60. The second-order valence-corrected chi connectivity index (χ2v) is 9.13. The lowest BCUT2D eigenvalue weighted by Gasteiger charge is -2.32. The Bertz CT molecular complexity index is 1350. The van der Waals surface area contributed by atoms with E-state index in [1.54, 1.807) is 0 Å². The molecule has 0 saturated carbocycles. The molecule has 7 nitrogen and oxygen atoms in total. The van der Waals surface area contributed by atoms with Crippen LogP contribution in [0.3, 0.4) is 0 Å². The van der Waals surface area contributed by atoms with Gasteiger partial charge in [-0.2, -0.15) is 0 Å². The summed E-state index contributed by atoms with van der Waals surface area (Å²) < 4.78 is 5.78. The van der Waals surface area contributed by atoms with E-state index in [1.807, 2.05) is 50.1 Å². The Hall–Kier alpha value is -3.06. The van der Waals surface area contributed by atoms with Crippen LogP contribution >= 0.6 is 0 Å². The molecule has 0 amide bonds. The molecule has 0 unspecified atom stereocenters. The molecule has 2 aromatic heterocycles. The van der Waals surface area contributed by atoms with Gasteiger partial charge in [-0.05, 0) is 63.9 Å². The zero-order valence-electron chi connectivity index (χ0n) is 18.8. The van der Waals surface area contributed by atoms with Gasteiger partial charge in [0.25, 0.3) is 0 Å². The molecule has 1 fully saturated rings. The average Bonchev–Trinajstić information content (AvgIpc) is 3.27. The van der Waals surface area contributed by atoms with E-state index < -0.39 is 0 Å². The minimum Gasteiger partial charge on any atom is -0.306 e. The van der Waals surface area contributed by atoms with E-state index in [-0.39, 0.29) is 23.5 Å². The van der Waals surface area contributed by atoms with Crippen molar-refractivity contribution in [2.24, 2.45) is 0 Å². The zero-order valence-corrected chi connectivity index (χ0v) is 18.8. The van der Waals surface area contributed by atoms with E-state index in [4.69, 9.17) is 0 Å². The van der Waals surface area contributed by atoms with E-state index >= 15 is 0 Å². The number of H-pyrrole nitrogens is 1. The Labute approximate surface area is 186 Å². The number of imidazole rings is 2. The molecule has 0 atom stereocenters. The number of nitrogens with one attached hydrogen (secondary N) is 1. The first kappa shape index (κ1) is 20.8. The highest BCUT2D eigenvalue weighted by molar-refractivity contribution is 5.76. The summed E-state index contributed by atoms with van der Waals surface area (Å²) in [6, 6.07) is 16.4. The van der Waals surface area contributed by atoms with Gasteiger partial charge in [-0.3, -0.25) is 13.7 Å². The number of aromatic amines is 1. The quantitative estimate of drug-likeness (QED) is 0.504. The van der Waals surface area contributed by atoms with Crippen molar-refractivity contribution < 1.29 is 0 Å². The normalized spacial score (nSPS) is 16.0. The second kappa shape index (κ2) is 8.47. The summed E-state index contributed by atoms with van der Waals surface area (Å²) in [5.74, 6) is 0. The van der Waals surface area contributed by atoms with Gasteiger partial charge in [0.15, 0.2) is 0 Å². The number of benzene rings is 2. The predicted molar refractivity (Wildman–Crippen MR) is 128 cm³/mol. The van der Waals surface area contributed by atoms with E-state index in [0.717, 1.165) is 61.0 Å². The monoisotopic (exact) mass is 433 g/mol. The molecule has 0 spiro atoms. The van der Waals surface area contributed by atoms with E-state index in [0.29, 0.717) is 6.54 Å². The number of hydrogen-bond acceptors (Lipinski definition) is 3. The highest BCUT2D eigenvalue weighted by atomic mass is 16.2. The summed E-state index contributed by atoms with van der Waals surface area (Å²) in [7, 11) is 0. The largest absolute Gasteiger partial charge is 0.329 e. The van der Waals surface area contributed by atoms with Gasteiger partial charge < -0.3 is 9.88 Å². The van der Waals surface area contributed by atoms with Crippen LogP contribution in [0.25, 0.3) is 22.1 Å². The fourth-order valence-corrected chi connectivity index (χ4v) is 5.23. The molecule has 4 aromatic rings. The number of aryl methyl sites for hydroxylation is 1. The van der Waals surface area contributed by atoms with Crippen molar-refractivity contribution in [2.45, 2.75) is 51.7 Å². The molecule has 0 radical (unpaired) electrons. The summed E-state index contributed by atoms with van der Waals surface area (Å²) in [5.41, 5.74) is 4.01. The Balaban J connectivity index is 1.24. The van der Waals surface area contributed by atoms with Crippen molar-refractivity contribution in [1.29, 1.82) is 0 Å². The number of hydrogen-bond donors (Lipinski definition) is 1. The van der Waals surface area contributed by atoms with Gasteiger partial charge in [-0.1, -0.05) is 24.3 Å². The van der Waals surface area contributed by atoms with Crippen LogP contribution < -0.4 is 11.4 Å². The number of para-hydroxylation sites is 4. The van der Waals surface area contributed by atoms with Crippen LogP contribution in [0, 0.1) is 0 Å². The summed E-state index contributed by atoms with van der Waals surface area (Å²) in [4.78, 5) is 30.9. The lowest BCUT2D eigenvalue weighted by molar-refractivity contribution is 0.182. The lowest BCUT2D eigenvalue weighted by atomic mass is 10.0. The number of fused-ring (bicyclic) bond motifs is 2. The first-order valence-electron chi connectivity index (χ1n) is 11.7. The van der Waals surface area contributed by atoms with Crippen molar-refractivity contribution >= 4 is 22.1 Å². The van der Waals surface area contributed by atoms with E-state index in [2.05, 4.69) is 35.9 Å². The van der Waals surface area contributed by atoms with Crippen LogP contribution in [0.5, 0.6) is 0 Å². The van der Waals surface area contributed by atoms with Crippen LogP contribution in [0.4, 0.5) is 0 Å². The second-order valence-electron chi connectivity index (χ2n) is 9.13. The SMILES string of the molecule is CC(C)n1c(=O)n(C2CCN(CCCn3c(=O)[nH]c4ccccc43)CC2)c2ccccc21. The molecule has 1 N–H and O–H groups in total. The van der Waals surface area contributed by atoms with Gasteiger partial charge in [0.2, 0.25) is 0 Å². The Morgan fingerprint density at radius 3 is 2.28 bits per heavy atom. The van der Waals surface area contributed by atoms with Gasteiger partial charge in [0.1, 0.15) is 0 Å². The van der Waals surface area contributed by atoms with Gasteiger partial charge in [-0.25, -0.2) is 9.59 Å². The third-order valence-corrected chi connectivity index (χ3v) is 6.79. The fourth-order valence-electron chi connectivity index (χ4n) is 5.23. The van der Waals surface area contributed by atoms with Crippen molar-refractivity contribution in [2.75, 3.05) is 19.6 Å². The van der Waals surface area contributed by atoms with Crippen molar-refractivity contribution in [1.82, 2.24) is 23.6 Å². The third-order valence-electron chi connectivity index (χ3n) is 6.79. The number of aromatic nitrogens is 4. The molecular weight excluding hydrogens is 402 g/mol. The van der Waals surface area contributed by atoms with Crippen molar-refractivity contribution in [3.63, 3.8) is 0 Å². The lowest BCUT2D eigenvalue weighted by Crippen LogP contribution is -2.38. The molecule has 168 valence electrons. The minimum absolute atomic E-state index is 0.0363. The molecule has 0 bridgehead atoms. The van der Waals surface area contributed by atoms with Crippen LogP contribution in [-0.2, 0) is 6.54 Å². The molecule has 32 heavy (non-hydrogen) atoms. The van der Waals surface area contributed by atoms with Crippen LogP contribution in [0.1, 0.15) is 45.2 Å². The molecule has 3 heterocycles. The molecule has 1 saturated heterocycles. The van der Waals surface area contributed by atoms with Crippen LogP contribution in [0.15, 0.2) is 58.1 Å². The van der Waals surface area contributed by atoms with E-state index in [1.165, 1.54) is 0 Å². The summed E-state index contributed by atoms with van der Waals surface area (Å²) in [5, 5.41) is 0. The maximum absolute atomic E-state index is 13.2. The van der Waals surface area contributed by atoms with Gasteiger partial charge in [-0.15, -0.1) is 0 Å². The average molecular weight is 434 g/mol. The number of nitrogens with zero attached hydrogens (tertiary/aromatic N) is 4. The molecule has 1 aliphatic heterocycles. The number of likely N-dealkylation sites (tertiary alicyclic amines) is 1. The maximum Gasteiger partial charge on any atom is 0.329 e. The van der Waals surface area contributed by atoms with Crippen molar-refractivity contribution in [3.05, 3.63) is 69.5 Å². The fraction of sp³-hybridized carbons (Fsp3) is 0.440. The van der Waals surface area contributed by atoms with Crippen molar-refractivity contribution in [3.8, 4) is 0 Å². The maximum atomic E-state index is 13.2. The predicted octanol–water partition coefficient (Wildman–Crippen LogP) is 3.75. The van der Waals surface area contributed by atoms with E-state index in [9.17, 15) is 9.59 Å². The summed E-state index contributed by atoms with van der Waals surface area (Å²) in [6.45, 7) is 7.76. The molecule has 2 aromatic carbocycles. The Morgan fingerprint density at radius 1 is 0.906 bits per heavy atom. The minimum atomic E-state index is -0.0363. The Morgan fingerprint density at radius 2 is 1.56 bits per heavy atom. The summed E-state index contributed by atoms with van der Waals surface area (Å²) >= 11 is 0. The van der Waals surface area contributed by atoms with Crippen LogP contribution in [0.2, 0.25) is 0 Å². The Kier molecular flexibility index (Phi) is 5.51. The van der Waals surface area contributed by atoms with Gasteiger partial charge in [0, 0.05) is 31.7 Å². The zero-order chi connectivity index (χ0) is 22.2. The highest BCUT2D eigenvalue weighted by Crippen LogP contribution is 2.27. The topological polar surface area (TPSA) is 68.0 Å². The van der Waals surface area contributed by atoms with Crippen LogP contribution in [-0.4, -0.2) is 43.2 Å². The summed E-state index contributed by atoms with van der Waals surface area (Å²) in [6.07, 6.45) is 2.87. The molecule has 7 heteroatoms. The first-order valence-corrected chi connectivity index (χ1v) is 11.7. The molecular formula is C25H31N5O2. The molecule has 1 aliphatic rings. The highest BCUT2D eigenvalue weighted by Gasteiger charge is 2.25. The standard InChI is InChI=1S/C25H31N5O2/c1-18(2)29-22-10-5-6-11-23(22)30(25(29)32)19-12-16-27(17-13-19)14-7-15-28-21-9-4-3-8-20(21)26-24(28)31/h3-6,8-11,18-19H,7,12-17H2,1-2H3,(H,26,31). The van der Waals surface area contributed by atoms with Gasteiger partial charge in [0.05, 0.1) is 22.1 Å². The molecule has 0 aliphatic carbocycles.